The molecule has 5 nitrogen and oxygen atoms in total. The number of aromatic nitrogens is 1. The van der Waals surface area contributed by atoms with Crippen LogP contribution in [0.15, 0.2) is 30.5 Å². The third kappa shape index (κ3) is 3.74. The number of rotatable bonds is 4. The molecule has 0 aliphatic carbocycles. The number of ether oxygens (including phenoxy) is 1. The highest BCUT2D eigenvalue weighted by Gasteiger charge is 2.25. The van der Waals surface area contributed by atoms with E-state index < -0.39 is 0 Å². The number of piperidine rings is 1. The van der Waals surface area contributed by atoms with Crippen molar-refractivity contribution in [2.24, 2.45) is 5.92 Å². The van der Waals surface area contributed by atoms with Crippen molar-refractivity contribution in [3.8, 4) is 11.9 Å². The Hall–Kier alpha value is -2.39. The summed E-state index contributed by atoms with van der Waals surface area (Å²) in [4.78, 5) is 20.4. The SMILES string of the molecule is Cc1ccc(C(=O)N2CCC(COc3ncccc3C#N)CC2)s1. The Labute approximate surface area is 145 Å². The van der Waals surface area contributed by atoms with Crippen molar-refractivity contribution in [2.45, 2.75) is 19.8 Å². The van der Waals surface area contributed by atoms with Crippen LogP contribution in [0.2, 0.25) is 0 Å². The summed E-state index contributed by atoms with van der Waals surface area (Å²) in [6.45, 7) is 4.04. The lowest BCUT2D eigenvalue weighted by Gasteiger charge is -2.31. The summed E-state index contributed by atoms with van der Waals surface area (Å²) in [6, 6.07) is 9.40. The molecule has 1 fully saturated rings. The molecule has 0 aromatic carbocycles. The fourth-order valence-electron chi connectivity index (χ4n) is 2.80. The number of hydrogen-bond acceptors (Lipinski definition) is 5. The standard InChI is InChI=1S/C18H19N3O2S/c1-13-4-5-16(24-13)18(22)21-9-6-14(7-10-21)12-23-17-15(11-19)3-2-8-20-17/h2-5,8,14H,6-7,9-10,12H2,1H3. The first-order valence-corrected chi connectivity index (χ1v) is 8.82. The van der Waals surface area contributed by atoms with Gasteiger partial charge in [-0.2, -0.15) is 5.26 Å². The van der Waals surface area contributed by atoms with E-state index in [0.717, 1.165) is 35.7 Å². The van der Waals surface area contributed by atoms with Crippen molar-refractivity contribution in [1.82, 2.24) is 9.88 Å². The second-order valence-corrected chi connectivity index (χ2v) is 7.21. The monoisotopic (exact) mass is 341 g/mol. The number of likely N-dealkylation sites (tertiary alicyclic amines) is 1. The molecule has 1 aliphatic heterocycles. The fourth-order valence-corrected chi connectivity index (χ4v) is 3.63. The maximum absolute atomic E-state index is 12.4. The lowest BCUT2D eigenvalue weighted by molar-refractivity contribution is 0.0664. The molecule has 1 saturated heterocycles. The zero-order valence-electron chi connectivity index (χ0n) is 13.6. The number of amides is 1. The summed E-state index contributed by atoms with van der Waals surface area (Å²) in [6.07, 6.45) is 3.44. The molecule has 1 aliphatic rings. The minimum atomic E-state index is 0.129. The summed E-state index contributed by atoms with van der Waals surface area (Å²) in [5, 5.41) is 9.05. The van der Waals surface area contributed by atoms with Crippen LogP contribution in [0.1, 0.15) is 33.0 Å². The van der Waals surface area contributed by atoms with E-state index in [9.17, 15) is 4.79 Å². The first-order valence-electron chi connectivity index (χ1n) is 8.01. The molecule has 0 spiro atoms. The van der Waals surface area contributed by atoms with Crippen LogP contribution in [-0.2, 0) is 0 Å². The van der Waals surface area contributed by atoms with Crippen LogP contribution in [0.3, 0.4) is 0 Å². The van der Waals surface area contributed by atoms with Crippen molar-refractivity contribution in [3.05, 3.63) is 45.8 Å². The Morgan fingerprint density at radius 2 is 2.21 bits per heavy atom. The largest absolute Gasteiger partial charge is 0.476 e. The first-order chi connectivity index (χ1) is 11.7. The molecular weight excluding hydrogens is 322 g/mol. The molecule has 6 heteroatoms. The Bertz CT molecular complexity index is 758. The Kier molecular flexibility index (Phi) is 5.11. The zero-order valence-corrected chi connectivity index (χ0v) is 14.4. The van der Waals surface area contributed by atoms with Crippen molar-refractivity contribution < 1.29 is 9.53 Å². The van der Waals surface area contributed by atoms with Crippen LogP contribution in [-0.4, -0.2) is 35.5 Å². The molecule has 124 valence electrons. The van der Waals surface area contributed by atoms with Gasteiger partial charge in [-0.3, -0.25) is 4.79 Å². The van der Waals surface area contributed by atoms with E-state index >= 15 is 0 Å². The molecule has 0 unspecified atom stereocenters. The number of nitriles is 1. The highest BCUT2D eigenvalue weighted by molar-refractivity contribution is 7.13. The van der Waals surface area contributed by atoms with Crippen LogP contribution >= 0.6 is 11.3 Å². The second kappa shape index (κ2) is 7.45. The van der Waals surface area contributed by atoms with Gasteiger partial charge in [-0.1, -0.05) is 0 Å². The van der Waals surface area contributed by atoms with Gasteiger partial charge < -0.3 is 9.64 Å². The summed E-state index contributed by atoms with van der Waals surface area (Å²) in [5.74, 6) is 0.907. The quantitative estimate of drug-likeness (QED) is 0.856. The van der Waals surface area contributed by atoms with Gasteiger partial charge in [0.15, 0.2) is 0 Å². The third-order valence-corrected chi connectivity index (χ3v) is 5.19. The summed E-state index contributed by atoms with van der Waals surface area (Å²) < 4.78 is 5.72. The highest BCUT2D eigenvalue weighted by atomic mass is 32.1. The van der Waals surface area contributed by atoms with Crippen molar-refractivity contribution in [2.75, 3.05) is 19.7 Å². The van der Waals surface area contributed by atoms with E-state index in [4.69, 9.17) is 10.00 Å². The van der Waals surface area contributed by atoms with Crippen molar-refractivity contribution in [1.29, 1.82) is 5.26 Å². The maximum atomic E-state index is 12.4. The minimum Gasteiger partial charge on any atom is -0.476 e. The normalized spacial score (nSPS) is 15.1. The smallest absolute Gasteiger partial charge is 0.263 e. The number of aryl methyl sites for hydroxylation is 1. The summed E-state index contributed by atoms with van der Waals surface area (Å²) >= 11 is 1.55. The molecular formula is C18H19N3O2S. The van der Waals surface area contributed by atoms with Crippen LogP contribution in [0.25, 0.3) is 0 Å². The number of nitrogens with zero attached hydrogens (tertiary/aromatic N) is 3. The third-order valence-electron chi connectivity index (χ3n) is 4.20. The van der Waals surface area contributed by atoms with E-state index in [2.05, 4.69) is 11.1 Å². The van der Waals surface area contributed by atoms with Gasteiger partial charge in [0.25, 0.3) is 5.91 Å². The molecule has 0 bridgehead atoms. The summed E-state index contributed by atoms with van der Waals surface area (Å²) in [5.41, 5.74) is 0.457. The van der Waals surface area contributed by atoms with Crippen molar-refractivity contribution in [3.63, 3.8) is 0 Å². The molecule has 0 saturated carbocycles. The first kappa shape index (κ1) is 16.5. The van der Waals surface area contributed by atoms with Gasteiger partial charge >= 0.3 is 0 Å². The molecule has 0 atom stereocenters. The average Bonchev–Trinajstić information content (AvgIpc) is 3.06. The summed E-state index contributed by atoms with van der Waals surface area (Å²) in [7, 11) is 0. The number of carbonyl (C=O) groups is 1. The van der Waals surface area contributed by atoms with E-state index in [0.29, 0.717) is 24.0 Å². The van der Waals surface area contributed by atoms with E-state index in [1.807, 2.05) is 24.0 Å². The molecule has 0 radical (unpaired) electrons. The average molecular weight is 341 g/mol. The van der Waals surface area contributed by atoms with E-state index in [-0.39, 0.29) is 5.91 Å². The van der Waals surface area contributed by atoms with Crippen LogP contribution in [0.5, 0.6) is 5.88 Å². The van der Waals surface area contributed by atoms with Gasteiger partial charge in [0.1, 0.15) is 11.6 Å². The molecule has 24 heavy (non-hydrogen) atoms. The molecule has 2 aromatic heterocycles. The molecule has 2 aromatic rings. The number of pyridine rings is 1. The van der Waals surface area contributed by atoms with Gasteiger partial charge in [0, 0.05) is 24.2 Å². The van der Waals surface area contributed by atoms with Gasteiger partial charge in [-0.25, -0.2) is 4.98 Å². The Morgan fingerprint density at radius 3 is 2.88 bits per heavy atom. The predicted octanol–water partition coefficient (Wildman–Crippen LogP) is 3.25. The fraction of sp³-hybridized carbons (Fsp3) is 0.389. The van der Waals surface area contributed by atoms with Crippen LogP contribution < -0.4 is 4.74 Å². The zero-order chi connectivity index (χ0) is 16.9. The molecule has 3 rings (SSSR count). The molecule has 3 heterocycles. The topological polar surface area (TPSA) is 66.2 Å². The number of thiophene rings is 1. The highest BCUT2D eigenvalue weighted by Crippen LogP contribution is 2.23. The number of carbonyl (C=O) groups excluding carboxylic acids is 1. The minimum absolute atomic E-state index is 0.129. The van der Waals surface area contributed by atoms with Gasteiger partial charge in [-0.15, -0.1) is 11.3 Å². The van der Waals surface area contributed by atoms with Crippen molar-refractivity contribution >= 4 is 17.2 Å². The predicted molar refractivity (Wildman–Crippen MR) is 92.1 cm³/mol. The Balaban J connectivity index is 1.50. The van der Waals surface area contributed by atoms with Crippen LogP contribution in [0, 0.1) is 24.2 Å². The molecule has 0 N–H and O–H groups in total. The maximum Gasteiger partial charge on any atom is 0.263 e. The van der Waals surface area contributed by atoms with Gasteiger partial charge in [-0.05, 0) is 49.9 Å². The van der Waals surface area contributed by atoms with Crippen LogP contribution in [0.4, 0.5) is 0 Å². The van der Waals surface area contributed by atoms with Gasteiger partial charge in [0.05, 0.1) is 11.5 Å². The van der Waals surface area contributed by atoms with Gasteiger partial charge in [0.2, 0.25) is 5.88 Å². The molecule has 1 amide bonds. The lowest BCUT2D eigenvalue weighted by Crippen LogP contribution is -2.39. The van der Waals surface area contributed by atoms with E-state index in [1.54, 1.807) is 29.7 Å². The lowest BCUT2D eigenvalue weighted by atomic mass is 9.97. The second-order valence-electron chi connectivity index (χ2n) is 5.92. The number of hydrogen-bond donors (Lipinski definition) is 0. The van der Waals surface area contributed by atoms with E-state index in [1.165, 1.54) is 0 Å². The Morgan fingerprint density at radius 1 is 1.42 bits per heavy atom.